The molecule has 23 heavy (non-hydrogen) atoms. The van der Waals surface area contributed by atoms with Gasteiger partial charge in [-0.25, -0.2) is 0 Å². The number of aromatic amines is 2. The first kappa shape index (κ1) is 15.9. The van der Waals surface area contributed by atoms with Gasteiger partial charge in [0.15, 0.2) is 0 Å². The molecule has 1 heterocycles. The number of carbonyl (C=O) groups excluding carboxylic acids is 1. The minimum atomic E-state index is -1.31. The summed E-state index contributed by atoms with van der Waals surface area (Å²) in [5.74, 6) is -2.24. The predicted molar refractivity (Wildman–Crippen MR) is 76.5 cm³/mol. The van der Waals surface area contributed by atoms with Crippen LogP contribution in [0.1, 0.15) is 15.9 Å². The van der Waals surface area contributed by atoms with E-state index in [1.807, 2.05) is 0 Å². The molecule has 1 amide bonds. The molecule has 0 spiro atoms. The minimum Gasteiger partial charge on any atom is -0.480 e. The van der Waals surface area contributed by atoms with Crippen molar-refractivity contribution in [2.24, 2.45) is 0 Å². The number of carbonyl (C=O) groups is 2. The van der Waals surface area contributed by atoms with Gasteiger partial charge in [-0.3, -0.25) is 29.3 Å². The van der Waals surface area contributed by atoms with Gasteiger partial charge in [-0.2, -0.15) is 0 Å². The molecule has 1 aromatic carbocycles. The average Bonchev–Trinajstić information content (AvgIpc) is 2.46. The van der Waals surface area contributed by atoms with Crippen LogP contribution in [0.4, 0.5) is 5.69 Å². The summed E-state index contributed by atoms with van der Waals surface area (Å²) < 4.78 is 0. The van der Waals surface area contributed by atoms with Gasteiger partial charge in [-0.05, 0) is 6.92 Å². The third-order valence-electron chi connectivity index (χ3n) is 3.08. The summed E-state index contributed by atoms with van der Waals surface area (Å²) in [5, 5.41) is 21.7. The normalized spacial score (nSPS) is 10.5. The zero-order valence-corrected chi connectivity index (χ0v) is 11.6. The SMILES string of the molecule is Cc1c([N+](=O)[O-])cc2[nH]c(=O)c(=O)[nH]c2c1C(=O)NCC(=O)O. The summed E-state index contributed by atoms with van der Waals surface area (Å²) in [6.45, 7) is 0.562. The predicted octanol–water partition coefficient (Wildman–Crippen LogP) is -0.753. The van der Waals surface area contributed by atoms with Crippen LogP contribution in [0.3, 0.4) is 0 Å². The Bertz CT molecular complexity index is 956. The molecular weight excluding hydrogens is 312 g/mol. The first-order chi connectivity index (χ1) is 10.7. The quantitative estimate of drug-likeness (QED) is 0.325. The molecule has 11 heteroatoms. The number of hydrogen-bond acceptors (Lipinski definition) is 6. The first-order valence-electron chi connectivity index (χ1n) is 6.16. The third kappa shape index (κ3) is 2.92. The van der Waals surface area contributed by atoms with Crippen LogP contribution in [0.15, 0.2) is 15.7 Å². The van der Waals surface area contributed by atoms with Crippen molar-refractivity contribution in [3.63, 3.8) is 0 Å². The maximum absolute atomic E-state index is 12.1. The molecule has 0 saturated carbocycles. The topological polar surface area (TPSA) is 175 Å². The molecule has 2 rings (SSSR count). The number of carboxylic acids is 1. The number of benzene rings is 1. The Morgan fingerprint density at radius 1 is 1.30 bits per heavy atom. The second-order valence-corrected chi connectivity index (χ2v) is 4.56. The average molecular weight is 322 g/mol. The van der Waals surface area contributed by atoms with Gasteiger partial charge in [0.1, 0.15) is 6.54 Å². The molecule has 11 nitrogen and oxygen atoms in total. The fourth-order valence-corrected chi connectivity index (χ4v) is 2.06. The van der Waals surface area contributed by atoms with Gasteiger partial charge in [-0.1, -0.05) is 0 Å². The van der Waals surface area contributed by atoms with Crippen LogP contribution < -0.4 is 16.4 Å². The molecule has 2 aromatic rings. The second kappa shape index (κ2) is 5.71. The van der Waals surface area contributed by atoms with Crippen LogP contribution in [0.25, 0.3) is 11.0 Å². The Morgan fingerprint density at radius 3 is 2.48 bits per heavy atom. The largest absolute Gasteiger partial charge is 0.480 e. The molecule has 1 aromatic heterocycles. The Balaban J connectivity index is 2.80. The molecule has 0 unspecified atom stereocenters. The Labute approximate surface area is 126 Å². The molecule has 4 N–H and O–H groups in total. The van der Waals surface area contributed by atoms with Crippen molar-refractivity contribution >= 4 is 28.6 Å². The molecule has 0 aliphatic heterocycles. The summed E-state index contributed by atoms with van der Waals surface area (Å²) >= 11 is 0. The summed E-state index contributed by atoms with van der Waals surface area (Å²) in [7, 11) is 0. The van der Waals surface area contributed by atoms with Crippen molar-refractivity contribution < 1.29 is 19.6 Å². The van der Waals surface area contributed by atoms with Gasteiger partial charge in [0.05, 0.1) is 21.5 Å². The maximum Gasteiger partial charge on any atom is 0.322 e. The number of carboxylic acid groups (broad SMARTS) is 1. The number of aromatic nitrogens is 2. The summed E-state index contributed by atoms with van der Waals surface area (Å²) in [4.78, 5) is 60.1. The highest BCUT2D eigenvalue weighted by Gasteiger charge is 2.24. The highest BCUT2D eigenvalue weighted by Crippen LogP contribution is 2.27. The standard InChI is InChI=1S/C12H10N4O7/c1-4-6(16(22)23)2-5-9(15-12(21)11(20)14-5)8(4)10(19)13-3-7(17)18/h2H,3H2,1H3,(H,13,19)(H,14,20)(H,15,21)(H,17,18). The van der Waals surface area contributed by atoms with Crippen molar-refractivity contribution in [1.82, 2.24) is 15.3 Å². The Kier molecular flexibility index (Phi) is 3.94. The number of nitrogens with one attached hydrogen (secondary N) is 3. The molecule has 0 bridgehead atoms. The number of amides is 1. The van der Waals surface area contributed by atoms with Gasteiger partial charge in [0.2, 0.25) is 0 Å². The zero-order valence-electron chi connectivity index (χ0n) is 11.6. The van der Waals surface area contributed by atoms with Crippen LogP contribution in [-0.4, -0.2) is 38.4 Å². The number of aliphatic carboxylic acids is 1. The van der Waals surface area contributed by atoms with E-state index < -0.39 is 40.2 Å². The Hall–Kier alpha value is -3.50. The van der Waals surface area contributed by atoms with Crippen molar-refractivity contribution in [1.29, 1.82) is 0 Å². The van der Waals surface area contributed by atoms with Crippen LogP contribution >= 0.6 is 0 Å². The van der Waals surface area contributed by atoms with E-state index in [4.69, 9.17) is 5.11 Å². The van der Waals surface area contributed by atoms with Gasteiger partial charge < -0.3 is 20.4 Å². The smallest absolute Gasteiger partial charge is 0.322 e. The van der Waals surface area contributed by atoms with Crippen molar-refractivity contribution in [3.8, 4) is 0 Å². The lowest BCUT2D eigenvalue weighted by atomic mass is 10.0. The molecule has 0 aliphatic carbocycles. The lowest BCUT2D eigenvalue weighted by Crippen LogP contribution is -2.33. The maximum atomic E-state index is 12.1. The lowest BCUT2D eigenvalue weighted by molar-refractivity contribution is -0.385. The van der Waals surface area contributed by atoms with E-state index in [0.717, 1.165) is 6.07 Å². The lowest BCUT2D eigenvalue weighted by Gasteiger charge is -2.10. The number of fused-ring (bicyclic) bond motifs is 1. The van der Waals surface area contributed by atoms with Crippen LogP contribution in [0.5, 0.6) is 0 Å². The molecular formula is C12H10N4O7. The molecule has 0 aliphatic rings. The van der Waals surface area contributed by atoms with Crippen molar-refractivity contribution in [3.05, 3.63) is 48.0 Å². The first-order valence-corrected chi connectivity index (χ1v) is 6.16. The number of H-pyrrole nitrogens is 2. The van der Waals surface area contributed by atoms with Crippen molar-refractivity contribution in [2.45, 2.75) is 6.92 Å². The highest BCUT2D eigenvalue weighted by molar-refractivity contribution is 6.07. The Morgan fingerprint density at radius 2 is 1.91 bits per heavy atom. The van der Waals surface area contributed by atoms with E-state index in [1.54, 1.807) is 0 Å². The highest BCUT2D eigenvalue weighted by atomic mass is 16.6. The van der Waals surface area contributed by atoms with Gasteiger partial charge in [-0.15, -0.1) is 0 Å². The van der Waals surface area contributed by atoms with E-state index in [-0.39, 0.29) is 22.2 Å². The van der Waals surface area contributed by atoms with E-state index in [1.165, 1.54) is 6.92 Å². The van der Waals surface area contributed by atoms with Gasteiger partial charge in [0.25, 0.3) is 11.6 Å². The summed E-state index contributed by atoms with van der Waals surface area (Å²) in [5.41, 5.74) is -3.14. The number of nitro groups is 1. The number of hydrogen-bond donors (Lipinski definition) is 4. The molecule has 0 radical (unpaired) electrons. The van der Waals surface area contributed by atoms with Crippen molar-refractivity contribution in [2.75, 3.05) is 6.54 Å². The summed E-state index contributed by atoms with van der Waals surface area (Å²) in [6.07, 6.45) is 0. The van der Waals surface area contributed by atoms with Gasteiger partial charge in [0, 0.05) is 11.6 Å². The fraction of sp³-hybridized carbons (Fsp3) is 0.167. The van der Waals surface area contributed by atoms with E-state index in [0.29, 0.717) is 0 Å². The molecule has 120 valence electrons. The van der Waals surface area contributed by atoms with E-state index >= 15 is 0 Å². The van der Waals surface area contributed by atoms with Crippen LogP contribution in [0, 0.1) is 17.0 Å². The molecule has 0 atom stereocenters. The fourth-order valence-electron chi connectivity index (χ4n) is 2.06. The monoisotopic (exact) mass is 322 g/mol. The second-order valence-electron chi connectivity index (χ2n) is 4.56. The number of nitrogens with zero attached hydrogens (tertiary/aromatic N) is 1. The van der Waals surface area contributed by atoms with Crippen LogP contribution in [0.2, 0.25) is 0 Å². The minimum absolute atomic E-state index is 0.0758. The third-order valence-corrected chi connectivity index (χ3v) is 3.08. The molecule has 0 fully saturated rings. The summed E-state index contributed by atoms with van der Waals surface area (Å²) in [6, 6.07) is 1.01. The molecule has 0 saturated heterocycles. The van der Waals surface area contributed by atoms with E-state index in [9.17, 15) is 29.3 Å². The van der Waals surface area contributed by atoms with Gasteiger partial charge >= 0.3 is 17.1 Å². The van der Waals surface area contributed by atoms with E-state index in [2.05, 4.69) is 15.3 Å². The number of rotatable bonds is 4. The zero-order chi connectivity index (χ0) is 17.3. The van der Waals surface area contributed by atoms with Crippen LogP contribution in [-0.2, 0) is 4.79 Å². The number of nitro benzene ring substituents is 1.